The van der Waals surface area contributed by atoms with Crippen molar-refractivity contribution in [3.63, 3.8) is 0 Å². The van der Waals surface area contributed by atoms with Crippen LogP contribution in [0, 0.1) is 0 Å². The first-order valence-electron chi connectivity index (χ1n) is 9.01. The van der Waals surface area contributed by atoms with Crippen molar-refractivity contribution in [1.82, 2.24) is 0 Å². The molecule has 0 saturated heterocycles. The fourth-order valence-corrected chi connectivity index (χ4v) is 2.90. The molecule has 0 atom stereocenters. The Kier molecular flexibility index (Phi) is 13.8. The van der Waals surface area contributed by atoms with Gasteiger partial charge in [-0.2, -0.15) is 0 Å². The van der Waals surface area contributed by atoms with Crippen LogP contribution >= 0.6 is 0 Å². The largest absolute Gasteiger partial charge is 0.396 e. The SMILES string of the molecule is CCCCCCCC(O)(CCCO)CCCCCCC. The fraction of sp³-hybridized carbons (Fsp3) is 1.00. The average Bonchev–Trinajstić information content (AvgIpc) is 2.45. The lowest BCUT2D eigenvalue weighted by molar-refractivity contribution is 0.00394. The van der Waals surface area contributed by atoms with Crippen LogP contribution in [0.4, 0.5) is 0 Å². The van der Waals surface area contributed by atoms with Gasteiger partial charge in [0.25, 0.3) is 0 Å². The van der Waals surface area contributed by atoms with Gasteiger partial charge in [0.2, 0.25) is 0 Å². The third kappa shape index (κ3) is 11.7. The molecule has 0 aromatic heterocycles. The van der Waals surface area contributed by atoms with Gasteiger partial charge in [-0.15, -0.1) is 0 Å². The van der Waals surface area contributed by atoms with Crippen LogP contribution < -0.4 is 0 Å². The molecule has 2 N–H and O–H groups in total. The Morgan fingerprint density at radius 2 is 1.00 bits per heavy atom. The molecule has 0 rings (SSSR count). The van der Waals surface area contributed by atoms with Crippen molar-refractivity contribution >= 4 is 0 Å². The van der Waals surface area contributed by atoms with E-state index in [1.54, 1.807) is 0 Å². The minimum absolute atomic E-state index is 0.202. The van der Waals surface area contributed by atoms with Crippen LogP contribution in [0.2, 0.25) is 0 Å². The minimum Gasteiger partial charge on any atom is -0.396 e. The average molecular weight is 286 g/mol. The summed E-state index contributed by atoms with van der Waals surface area (Å²) in [6, 6.07) is 0. The Bertz CT molecular complexity index is 178. The van der Waals surface area contributed by atoms with Crippen LogP contribution in [0.1, 0.15) is 104 Å². The molecule has 0 radical (unpaired) electrons. The van der Waals surface area contributed by atoms with Crippen molar-refractivity contribution in [3.05, 3.63) is 0 Å². The Hall–Kier alpha value is -0.0800. The standard InChI is InChI=1S/C18H38O2/c1-3-5-7-9-11-14-18(20,16-13-17-19)15-12-10-8-6-4-2/h19-20H,3-17H2,1-2H3. The fourth-order valence-electron chi connectivity index (χ4n) is 2.90. The highest BCUT2D eigenvalue weighted by Gasteiger charge is 2.24. The molecule has 0 aliphatic carbocycles. The van der Waals surface area contributed by atoms with Gasteiger partial charge < -0.3 is 10.2 Å². The molecule has 0 aliphatic rings. The maximum absolute atomic E-state index is 10.7. The number of rotatable bonds is 15. The van der Waals surface area contributed by atoms with Crippen molar-refractivity contribution < 1.29 is 10.2 Å². The zero-order chi connectivity index (χ0) is 15.1. The maximum atomic E-state index is 10.7. The van der Waals surface area contributed by atoms with Gasteiger partial charge in [-0.3, -0.25) is 0 Å². The second-order valence-corrected chi connectivity index (χ2v) is 6.38. The summed E-state index contributed by atoms with van der Waals surface area (Å²) >= 11 is 0. The summed E-state index contributed by atoms with van der Waals surface area (Å²) < 4.78 is 0. The van der Waals surface area contributed by atoms with E-state index in [1.165, 1.54) is 51.4 Å². The molecule has 0 aromatic carbocycles. The summed E-state index contributed by atoms with van der Waals surface area (Å²) in [5, 5.41) is 19.7. The number of aliphatic hydroxyl groups excluding tert-OH is 1. The first kappa shape index (κ1) is 19.9. The van der Waals surface area contributed by atoms with Crippen LogP contribution in [-0.4, -0.2) is 22.4 Å². The van der Waals surface area contributed by atoms with Gasteiger partial charge in [-0.05, 0) is 25.7 Å². The predicted octanol–water partition coefficient (Wildman–Crippen LogP) is 5.21. The monoisotopic (exact) mass is 286 g/mol. The summed E-state index contributed by atoms with van der Waals surface area (Å²) in [7, 11) is 0. The van der Waals surface area contributed by atoms with E-state index in [2.05, 4.69) is 13.8 Å². The molecule has 2 nitrogen and oxygen atoms in total. The highest BCUT2D eigenvalue weighted by atomic mass is 16.3. The summed E-state index contributed by atoms with van der Waals surface area (Å²) in [4.78, 5) is 0. The minimum atomic E-state index is -0.513. The summed E-state index contributed by atoms with van der Waals surface area (Å²) in [6.45, 7) is 4.66. The molecule has 0 spiro atoms. The molecule has 0 heterocycles. The highest BCUT2D eigenvalue weighted by Crippen LogP contribution is 2.27. The second-order valence-electron chi connectivity index (χ2n) is 6.38. The Morgan fingerprint density at radius 3 is 1.40 bits per heavy atom. The molecule has 0 aromatic rings. The Morgan fingerprint density at radius 1 is 0.600 bits per heavy atom. The lowest BCUT2D eigenvalue weighted by Crippen LogP contribution is -2.29. The molecule has 0 saturated carbocycles. The first-order valence-corrected chi connectivity index (χ1v) is 9.01. The van der Waals surface area contributed by atoms with Crippen molar-refractivity contribution in [2.75, 3.05) is 6.61 Å². The van der Waals surface area contributed by atoms with Gasteiger partial charge in [0, 0.05) is 6.61 Å². The first-order chi connectivity index (χ1) is 9.68. The van der Waals surface area contributed by atoms with Crippen molar-refractivity contribution in [3.8, 4) is 0 Å². The molecule has 0 aliphatic heterocycles. The van der Waals surface area contributed by atoms with E-state index in [9.17, 15) is 5.11 Å². The lowest BCUT2D eigenvalue weighted by atomic mass is 9.86. The lowest BCUT2D eigenvalue weighted by Gasteiger charge is -2.28. The van der Waals surface area contributed by atoms with Gasteiger partial charge in [0.15, 0.2) is 0 Å². The quantitative estimate of drug-likeness (QED) is 0.406. The number of aliphatic hydroxyl groups is 2. The third-order valence-electron chi connectivity index (χ3n) is 4.29. The van der Waals surface area contributed by atoms with E-state index in [-0.39, 0.29) is 6.61 Å². The van der Waals surface area contributed by atoms with Gasteiger partial charge in [-0.25, -0.2) is 0 Å². The molecular weight excluding hydrogens is 248 g/mol. The molecule has 0 amide bonds. The molecule has 0 unspecified atom stereocenters. The zero-order valence-corrected chi connectivity index (χ0v) is 14.0. The molecular formula is C18H38O2. The van der Waals surface area contributed by atoms with Crippen molar-refractivity contribution in [1.29, 1.82) is 0 Å². The van der Waals surface area contributed by atoms with Crippen LogP contribution in [-0.2, 0) is 0 Å². The zero-order valence-electron chi connectivity index (χ0n) is 14.0. The maximum Gasteiger partial charge on any atom is 0.0648 e. The van der Waals surface area contributed by atoms with E-state index in [1.807, 2.05) is 0 Å². The molecule has 122 valence electrons. The third-order valence-corrected chi connectivity index (χ3v) is 4.29. The van der Waals surface area contributed by atoms with Gasteiger partial charge in [-0.1, -0.05) is 78.1 Å². The van der Waals surface area contributed by atoms with Crippen molar-refractivity contribution in [2.45, 2.75) is 109 Å². The van der Waals surface area contributed by atoms with Crippen molar-refractivity contribution in [2.24, 2.45) is 0 Å². The van der Waals surface area contributed by atoms with Crippen LogP contribution in [0.5, 0.6) is 0 Å². The number of unbranched alkanes of at least 4 members (excludes halogenated alkanes) is 8. The summed E-state index contributed by atoms with van der Waals surface area (Å²) in [5.74, 6) is 0. The number of hydrogen-bond acceptors (Lipinski definition) is 2. The van der Waals surface area contributed by atoms with E-state index in [0.29, 0.717) is 0 Å². The second kappa shape index (κ2) is 13.9. The molecule has 20 heavy (non-hydrogen) atoms. The van der Waals surface area contributed by atoms with E-state index >= 15 is 0 Å². The van der Waals surface area contributed by atoms with E-state index in [0.717, 1.165) is 38.5 Å². The van der Waals surface area contributed by atoms with Crippen LogP contribution in [0.15, 0.2) is 0 Å². The smallest absolute Gasteiger partial charge is 0.0648 e. The molecule has 0 fully saturated rings. The van der Waals surface area contributed by atoms with E-state index in [4.69, 9.17) is 5.11 Å². The summed E-state index contributed by atoms with van der Waals surface area (Å²) in [5.41, 5.74) is -0.513. The van der Waals surface area contributed by atoms with Gasteiger partial charge in [0.1, 0.15) is 0 Å². The summed E-state index contributed by atoms with van der Waals surface area (Å²) in [6.07, 6.45) is 15.9. The molecule has 2 heteroatoms. The highest BCUT2D eigenvalue weighted by molar-refractivity contribution is 4.78. The number of hydrogen-bond donors (Lipinski definition) is 2. The van der Waals surface area contributed by atoms with Gasteiger partial charge in [0.05, 0.1) is 5.60 Å². The normalized spacial score (nSPS) is 12.0. The Balaban J connectivity index is 3.88. The van der Waals surface area contributed by atoms with Gasteiger partial charge >= 0.3 is 0 Å². The molecule has 0 bridgehead atoms. The topological polar surface area (TPSA) is 40.5 Å². The Labute approximate surface area is 127 Å². The van der Waals surface area contributed by atoms with E-state index < -0.39 is 5.60 Å². The predicted molar refractivity (Wildman–Crippen MR) is 88.0 cm³/mol. The van der Waals surface area contributed by atoms with Crippen LogP contribution in [0.3, 0.4) is 0 Å². The van der Waals surface area contributed by atoms with Crippen LogP contribution in [0.25, 0.3) is 0 Å².